The van der Waals surface area contributed by atoms with E-state index in [0.717, 1.165) is 20.8 Å². The molecular formula is C19H18ClNO3S. The van der Waals surface area contributed by atoms with Crippen molar-refractivity contribution in [3.8, 4) is 11.5 Å². The zero-order valence-electron chi connectivity index (χ0n) is 14.0. The van der Waals surface area contributed by atoms with Gasteiger partial charge in [-0.25, -0.2) is 4.98 Å². The standard InChI is InChI=1S/C19H18ClNO3S/c1-23-16-8-4-12(9-17(16)24-2)3-6-14(22)11-19-21-15-7-5-13(20)10-18(15)25-19/h4-5,7-10H,3,6,11H2,1-2H3. The lowest BCUT2D eigenvalue weighted by atomic mass is 10.1. The molecule has 25 heavy (non-hydrogen) atoms. The van der Waals surface area contributed by atoms with Gasteiger partial charge in [-0.05, 0) is 42.3 Å². The highest BCUT2D eigenvalue weighted by molar-refractivity contribution is 7.18. The van der Waals surface area contributed by atoms with Crippen LogP contribution in [0.4, 0.5) is 0 Å². The molecule has 1 heterocycles. The van der Waals surface area contributed by atoms with Crippen LogP contribution in [0.5, 0.6) is 11.5 Å². The van der Waals surface area contributed by atoms with Crippen LogP contribution in [0, 0.1) is 0 Å². The number of Topliss-reactive ketones (excluding diaryl/α,β-unsaturated/α-hetero) is 1. The summed E-state index contributed by atoms with van der Waals surface area (Å²) in [4.78, 5) is 16.8. The Bertz CT molecular complexity index is 907. The summed E-state index contributed by atoms with van der Waals surface area (Å²) < 4.78 is 11.5. The topological polar surface area (TPSA) is 48.4 Å². The number of nitrogens with zero attached hydrogens (tertiary/aromatic N) is 1. The number of halogens is 1. The number of benzene rings is 2. The third-order valence-corrected chi connectivity index (χ3v) is 5.14. The van der Waals surface area contributed by atoms with Crippen LogP contribution in [0.25, 0.3) is 10.2 Å². The van der Waals surface area contributed by atoms with Crippen LogP contribution >= 0.6 is 22.9 Å². The van der Waals surface area contributed by atoms with Crippen molar-refractivity contribution in [1.82, 2.24) is 4.98 Å². The molecule has 3 rings (SSSR count). The molecule has 0 saturated heterocycles. The minimum Gasteiger partial charge on any atom is -0.493 e. The second kappa shape index (κ2) is 7.85. The van der Waals surface area contributed by atoms with Gasteiger partial charge in [-0.15, -0.1) is 11.3 Å². The summed E-state index contributed by atoms with van der Waals surface area (Å²) in [7, 11) is 3.21. The first kappa shape index (κ1) is 17.7. The van der Waals surface area contributed by atoms with E-state index in [4.69, 9.17) is 21.1 Å². The predicted octanol–water partition coefficient (Wildman–Crippen LogP) is 4.71. The highest BCUT2D eigenvalue weighted by Crippen LogP contribution is 2.28. The average molecular weight is 376 g/mol. The van der Waals surface area contributed by atoms with Crippen LogP contribution in [-0.2, 0) is 17.6 Å². The molecular weight excluding hydrogens is 358 g/mol. The maximum Gasteiger partial charge on any atom is 0.160 e. The number of thiazole rings is 1. The average Bonchev–Trinajstić information content (AvgIpc) is 3.00. The lowest BCUT2D eigenvalue weighted by Gasteiger charge is -2.09. The van der Waals surface area contributed by atoms with Crippen LogP contribution in [0.2, 0.25) is 5.02 Å². The van der Waals surface area contributed by atoms with E-state index in [1.807, 2.05) is 36.4 Å². The molecule has 0 aliphatic carbocycles. The molecule has 0 radical (unpaired) electrons. The number of carbonyl (C=O) groups excluding carboxylic acids is 1. The lowest BCUT2D eigenvalue weighted by molar-refractivity contribution is -0.118. The summed E-state index contributed by atoms with van der Waals surface area (Å²) in [6, 6.07) is 11.3. The molecule has 0 aliphatic heterocycles. The first-order valence-corrected chi connectivity index (χ1v) is 9.06. The van der Waals surface area contributed by atoms with Gasteiger partial charge in [-0.2, -0.15) is 0 Å². The van der Waals surface area contributed by atoms with Crippen LogP contribution in [-0.4, -0.2) is 25.0 Å². The van der Waals surface area contributed by atoms with Gasteiger partial charge >= 0.3 is 0 Å². The molecule has 0 N–H and O–H groups in total. The number of fused-ring (bicyclic) bond motifs is 1. The monoisotopic (exact) mass is 375 g/mol. The van der Waals surface area contributed by atoms with E-state index < -0.39 is 0 Å². The minimum absolute atomic E-state index is 0.167. The number of hydrogen-bond donors (Lipinski definition) is 0. The van der Waals surface area contributed by atoms with Crippen LogP contribution < -0.4 is 9.47 Å². The van der Waals surface area contributed by atoms with Gasteiger partial charge in [0.25, 0.3) is 0 Å². The van der Waals surface area contributed by atoms with E-state index in [9.17, 15) is 4.79 Å². The summed E-state index contributed by atoms with van der Waals surface area (Å²) in [6.07, 6.45) is 1.48. The summed E-state index contributed by atoms with van der Waals surface area (Å²) in [5.41, 5.74) is 1.93. The van der Waals surface area contributed by atoms with E-state index in [0.29, 0.717) is 35.8 Å². The predicted molar refractivity (Wildman–Crippen MR) is 101 cm³/mol. The Morgan fingerprint density at radius 3 is 2.68 bits per heavy atom. The molecule has 0 amide bonds. The zero-order valence-corrected chi connectivity index (χ0v) is 15.6. The Labute approximate surface area is 155 Å². The summed E-state index contributed by atoms with van der Waals surface area (Å²) in [5, 5.41) is 1.51. The van der Waals surface area contributed by atoms with Gasteiger partial charge in [-0.3, -0.25) is 4.79 Å². The number of carbonyl (C=O) groups is 1. The van der Waals surface area contributed by atoms with Crippen LogP contribution in [0.1, 0.15) is 17.0 Å². The molecule has 0 aliphatic rings. The fraction of sp³-hybridized carbons (Fsp3) is 0.263. The van der Waals surface area contributed by atoms with Gasteiger partial charge in [0.2, 0.25) is 0 Å². The molecule has 0 bridgehead atoms. The second-order valence-corrected chi connectivity index (χ2v) is 7.18. The molecule has 6 heteroatoms. The Balaban J connectivity index is 1.62. The number of ketones is 1. The first-order valence-electron chi connectivity index (χ1n) is 7.86. The quantitative estimate of drug-likeness (QED) is 0.600. The van der Waals surface area contributed by atoms with E-state index in [1.54, 1.807) is 14.2 Å². The number of ether oxygens (including phenoxy) is 2. The van der Waals surface area contributed by atoms with Crippen molar-refractivity contribution in [2.24, 2.45) is 0 Å². The Kier molecular flexibility index (Phi) is 5.56. The van der Waals surface area contributed by atoms with Gasteiger partial charge in [0.05, 0.1) is 30.9 Å². The minimum atomic E-state index is 0.167. The molecule has 1 aromatic heterocycles. The number of methoxy groups -OCH3 is 2. The summed E-state index contributed by atoms with van der Waals surface area (Å²) in [6.45, 7) is 0. The maximum atomic E-state index is 12.3. The van der Waals surface area contributed by atoms with Crippen molar-refractivity contribution in [2.45, 2.75) is 19.3 Å². The third-order valence-electron chi connectivity index (χ3n) is 3.88. The van der Waals surface area contributed by atoms with Gasteiger partial charge in [0, 0.05) is 11.4 Å². The number of rotatable bonds is 7. The van der Waals surface area contributed by atoms with E-state index >= 15 is 0 Å². The van der Waals surface area contributed by atoms with Gasteiger partial charge in [0.15, 0.2) is 11.5 Å². The van der Waals surface area contributed by atoms with Crippen LogP contribution in [0.3, 0.4) is 0 Å². The van der Waals surface area contributed by atoms with E-state index in [2.05, 4.69) is 4.98 Å². The van der Waals surface area contributed by atoms with Crippen LogP contribution in [0.15, 0.2) is 36.4 Å². The molecule has 0 fully saturated rings. The smallest absolute Gasteiger partial charge is 0.160 e. The maximum absolute atomic E-state index is 12.3. The number of hydrogen-bond acceptors (Lipinski definition) is 5. The SMILES string of the molecule is COc1ccc(CCC(=O)Cc2nc3ccc(Cl)cc3s2)cc1OC. The third kappa shape index (κ3) is 4.30. The summed E-state index contributed by atoms with van der Waals surface area (Å²) >= 11 is 7.51. The zero-order chi connectivity index (χ0) is 17.8. The van der Waals surface area contributed by atoms with Crippen molar-refractivity contribution in [3.63, 3.8) is 0 Å². The van der Waals surface area contributed by atoms with Crippen molar-refractivity contribution in [2.75, 3.05) is 14.2 Å². The fourth-order valence-corrected chi connectivity index (χ4v) is 3.87. The van der Waals surface area contributed by atoms with Crippen molar-refractivity contribution >= 4 is 38.9 Å². The Morgan fingerprint density at radius 1 is 1.12 bits per heavy atom. The molecule has 2 aromatic carbocycles. The second-order valence-electron chi connectivity index (χ2n) is 5.62. The molecule has 0 unspecified atom stereocenters. The molecule has 4 nitrogen and oxygen atoms in total. The highest BCUT2D eigenvalue weighted by Gasteiger charge is 2.11. The first-order chi connectivity index (χ1) is 12.1. The van der Waals surface area contributed by atoms with E-state index in [1.165, 1.54) is 11.3 Å². The largest absolute Gasteiger partial charge is 0.493 e. The van der Waals surface area contributed by atoms with E-state index in [-0.39, 0.29) is 5.78 Å². The lowest BCUT2D eigenvalue weighted by Crippen LogP contribution is -2.04. The van der Waals surface area contributed by atoms with Gasteiger partial charge in [-0.1, -0.05) is 17.7 Å². The molecule has 0 spiro atoms. The van der Waals surface area contributed by atoms with Crippen molar-refractivity contribution < 1.29 is 14.3 Å². The fourth-order valence-electron chi connectivity index (χ4n) is 2.60. The number of aromatic nitrogens is 1. The van der Waals surface area contributed by atoms with Gasteiger partial charge in [0.1, 0.15) is 10.8 Å². The Morgan fingerprint density at radius 2 is 1.92 bits per heavy atom. The molecule has 0 saturated carbocycles. The number of aryl methyl sites for hydroxylation is 1. The molecule has 0 atom stereocenters. The summed E-state index contributed by atoms with van der Waals surface area (Å²) in [5.74, 6) is 1.53. The molecule has 3 aromatic rings. The normalized spacial score (nSPS) is 10.8. The van der Waals surface area contributed by atoms with Crippen molar-refractivity contribution in [3.05, 3.63) is 52.0 Å². The molecule has 130 valence electrons. The highest BCUT2D eigenvalue weighted by atomic mass is 35.5. The van der Waals surface area contributed by atoms with Gasteiger partial charge < -0.3 is 9.47 Å². The Hall–Kier alpha value is -2.11. The van der Waals surface area contributed by atoms with Crippen molar-refractivity contribution in [1.29, 1.82) is 0 Å².